The third-order valence-corrected chi connectivity index (χ3v) is 6.11. The lowest BCUT2D eigenvalue weighted by atomic mass is 9.95. The number of nitrogens with zero attached hydrogens (tertiary/aromatic N) is 3. The van der Waals surface area contributed by atoms with Crippen LogP contribution in [0.25, 0.3) is 0 Å². The molecule has 0 spiro atoms. The molecule has 1 saturated heterocycles. The molecule has 10 heteroatoms. The summed E-state index contributed by atoms with van der Waals surface area (Å²) in [6.07, 6.45) is 2.56. The topological polar surface area (TPSA) is 108 Å². The van der Waals surface area contributed by atoms with Gasteiger partial charge in [-0.1, -0.05) is 30.3 Å². The van der Waals surface area contributed by atoms with Crippen molar-refractivity contribution in [3.8, 4) is 0 Å². The van der Waals surface area contributed by atoms with Gasteiger partial charge in [0.2, 0.25) is 10.0 Å². The number of hydrogen-bond acceptors (Lipinski definition) is 6. The molecule has 1 fully saturated rings. The van der Waals surface area contributed by atoms with Gasteiger partial charge < -0.3 is 10.5 Å². The number of aromatic nitrogens is 2. The first-order valence-electron chi connectivity index (χ1n) is 7.82. The third kappa shape index (κ3) is 4.07. The number of ether oxygens (including phenoxy) is 1. The Morgan fingerprint density at radius 3 is 2.65 bits per heavy atom. The molecule has 1 aliphatic rings. The summed E-state index contributed by atoms with van der Waals surface area (Å²) in [5, 5.41) is 3.92. The van der Waals surface area contributed by atoms with Crippen molar-refractivity contribution in [3.05, 3.63) is 48.3 Å². The van der Waals surface area contributed by atoms with Crippen LogP contribution in [-0.2, 0) is 26.1 Å². The fourth-order valence-corrected chi connectivity index (χ4v) is 4.41. The maximum absolute atomic E-state index is 12.8. The molecule has 8 nitrogen and oxygen atoms in total. The summed E-state index contributed by atoms with van der Waals surface area (Å²) < 4.78 is 32.8. The van der Waals surface area contributed by atoms with Crippen LogP contribution in [0.4, 0.5) is 0 Å². The molecular weight excluding hydrogens is 380 g/mol. The smallest absolute Gasteiger partial charge is 0.327 e. The average molecular weight is 401 g/mol. The minimum Gasteiger partial charge on any atom is -0.468 e. The van der Waals surface area contributed by atoms with Gasteiger partial charge in [-0.15, -0.1) is 12.4 Å². The molecule has 2 N–H and O–H groups in total. The van der Waals surface area contributed by atoms with Crippen LogP contribution in [0.15, 0.2) is 47.6 Å². The largest absolute Gasteiger partial charge is 0.468 e. The highest BCUT2D eigenvalue weighted by Crippen LogP contribution is 2.30. The predicted molar refractivity (Wildman–Crippen MR) is 97.4 cm³/mol. The summed E-state index contributed by atoms with van der Waals surface area (Å²) in [6.45, 7) is 0.415. The van der Waals surface area contributed by atoms with E-state index in [0.29, 0.717) is 6.54 Å². The molecule has 142 valence electrons. The van der Waals surface area contributed by atoms with E-state index in [4.69, 9.17) is 5.73 Å². The molecule has 26 heavy (non-hydrogen) atoms. The van der Waals surface area contributed by atoms with Gasteiger partial charge in [-0.25, -0.2) is 8.42 Å². The van der Waals surface area contributed by atoms with E-state index >= 15 is 0 Å². The Bertz CT molecular complexity index is 856. The molecule has 0 radical (unpaired) electrons. The first-order chi connectivity index (χ1) is 11.9. The molecule has 0 bridgehead atoms. The van der Waals surface area contributed by atoms with E-state index in [1.807, 2.05) is 30.3 Å². The predicted octanol–water partition coefficient (Wildman–Crippen LogP) is 0.593. The number of halogens is 1. The molecule has 1 aromatic heterocycles. The number of carbonyl (C=O) groups excluding carboxylic acids is 1. The van der Waals surface area contributed by atoms with E-state index in [0.717, 1.165) is 5.56 Å². The van der Waals surface area contributed by atoms with Gasteiger partial charge in [-0.2, -0.15) is 9.40 Å². The second kappa shape index (κ2) is 8.17. The van der Waals surface area contributed by atoms with Gasteiger partial charge in [-0.3, -0.25) is 9.48 Å². The minimum absolute atomic E-state index is 0. The Morgan fingerprint density at radius 2 is 2.00 bits per heavy atom. The number of rotatable bonds is 5. The Morgan fingerprint density at radius 1 is 1.31 bits per heavy atom. The molecule has 1 aromatic carbocycles. The Labute approximate surface area is 158 Å². The number of hydrogen-bond donors (Lipinski definition) is 1. The van der Waals surface area contributed by atoms with Crippen molar-refractivity contribution in [2.75, 3.05) is 20.2 Å². The van der Waals surface area contributed by atoms with Crippen LogP contribution in [-0.4, -0.2) is 54.7 Å². The summed E-state index contributed by atoms with van der Waals surface area (Å²) in [6, 6.07) is 9.37. The van der Waals surface area contributed by atoms with Crippen LogP contribution in [0.1, 0.15) is 11.5 Å². The second-order valence-corrected chi connectivity index (χ2v) is 7.89. The van der Waals surface area contributed by atoms with Gasteiger partial charge in [0.1, 0.15) is 11.4 Å². The molecule has 2 atom stereocenters. The fraction of sp³-hybridized carbons (Fsp3) is 0.375. The molecule has 0 unspecified atom stereocenters. The maximum Gasteiger partial charge on any atom is 0.327 e. The number of benzene rings is 1. The van der Waals surface area contributed by atoms with Crippen molar-refractivity contribution < 1.29 is 17.9 Å². The zero-order valence-electron chi connectivity index (χ0n) is 14.2. The Balaban J connectivity index is 0.00000243. The summed E-state index contributed by atoms with van der Waals surface area (Å²) in [5.74, 6) is -0.555. The Hall–Kier alpha value is -1.94. The quantitative estimate of drug-likeness (QED) is 0.736. The lowest BCUT2D eigenvalue weighted by molar-refractivity contribution is -0.141. The zero-order valence-corrected chi connectivity index (χ0v) is 15.8. The van der Waals surface area contributed by atoms with Crippen LogP contribution < -0.4 is 5.73 Å². The summed E-state index contributed by atoms with van der Waals surface area (Å²) in [4.78, 5) is 11.3. The minimum atomic E-state index is -3.72. The molecule has 1 aliphatic heterocycles. The molecule has 3 rings (SSSR count). The zero-order chi connectivity index (χ0) is 18.0. The highest BCUT2D eigenvalue weighted by Gasteiger charge is 2.38. The highest BCUT2D eigenvalue weighted by molar-refractivity contribution is 7.89. The van der Waals surface area contributed by atoms with Crippen molar-refractivity contribution in [2.45, 2.75) is 23.4 Å². The van der Waals surface area contributed by atoms with E-state index in [9.17, 15) is 13.2 Å². The number of methoxy groups -OCH3 is 1. The first-order valence-corrected chi connectivity index (χ1v) is 9.26. The van der Waals surface area contributed by atoms with Crippen LogP contribution in [0, 0.1) is 0 Å². The van der Waals surface area contributed by atoms with Gasteiger partial charge in [0.05, 0.1) is 13.3 Å². The van der Waals surface area contributed by atoms with Gasteiger partial charge in [0.15, 0.2) is 0 Å². The summed E-state index contributed by atoms with van der Waals surface area (Å²) in [7, 11) is -2.45. The van der Waals surface area contributed by atoms with E-state index in [1.54, 1.807) is 0 Å². The second-order valence-electron chi connectivity index (χ2n) is 5.95. The number of nitrogens with two attached hydrogens (primary N) is 1. The van der Waals surface area contributed by atoms with Gasteiger partial charge in [-0.05, 0) is 5.56 Å². The normalized spacial score (nSPS) is 20.5. The van der Waals surface area contributed by atoms with Crippen molar-refractivity contribution in [1.82, 2.24) is 14.1 Å². The average Bonchev–Trinajstić information content (AvgIpc) is 3.23. The SMILES string of the molecule is COC(=O)Cn1cc(S(=O)(=O)N2C[C@@H](N)[C@H](c3ccccc3)C2)cn1.Cl. The highest BCUT2D eigenvalue weighted by atomic mass is 35.5. The van der Waals surface area contributed by atoms with E-state index in [1.165, 1.54) is 28.5 Å². The maximum atomic E-state index is 12.8. The lowest BCUT2D eigenvalue weighted by Crippen LogP contribution is -2.32. The molecular formula is C16H21ClN4O4S. The van der Waals surface area contributed by atoms with Crippen LogP contribution in [0.5, 0.6) is 0 Å². The van der Waals surface area contributed by atoms with E-state index in [-0.39, 0.29) is 42.4 Å². The van der Waals surface area contributed by atoms with Gasteiger partial charge >= 0.3 is 5.97 Å². The van der Waals surface area contributed by atoms with Crippen LogP contribution in [0.3, 0.4) is 0 Å². The molecule has 0 saturated carbocycles. The number of esters is 1. The molecule has 2 aromatic rings. The lowest BCUT2D eigenvalue weighted by Gasteiger charge is -2.15. The van der Waals surface area contributed by atoms with Crippen molar-refractivity contribution in [2.24, 2.45) is 5.73 Å². The number of carbonyl (C=O) groups is 1. The third-order valence-electron chi connectivity index (χ3n) is 4.33. The summed E-state index contributed by atoms with van der Waals surface area (Å²) in [5.41, 5.74) is 7.20. The first kappa shape index (κ1) is 20.4. The van der Waals surface area contributed by atoms with Crippen molar-refractivity contribution in [3.63, 3.8) is 0 Å². The van der Waals surface area contributed by atoms with Crippen LogP contribution >= 0.6 is 12.4 Å². The van der Waals surface area contributed by atoms with E-state index < -0.39 is 16.0 Å². The van der Waals surface area contributed by atoms with Gasteiger partial charge in [0, 0.05) is 31.2 Å². The monoisotopic (exact) mass is 400 g/mol. The molecule has 2 heterocycles. The number of sulfonamides is 1. The fourth-order valence-electron chi connectivity index (χ4n) is 2.95. The standard InChI is InChI=1S/C16H20N4O4S.ClH/c1-24-16(21)11-19-8-13(7-18-19)25(22,23)20-9-14(15(17)10-20)12-5-3-2-4-6-12;/h2-8,14-15H,9-11,17H2,1H3;1H/t14-,15+;/m0./s1. The van der Waals surface area contributed by atoms with Crippen molar-refractivity contribution >= 4 is 28.4 Å². The van der Waals surface area contributed by atoms with Gasteiger partial charge in [0.25, 0.3) is 0 Å². The summed E-state index contributed by atoms with van der Waals surface area (Å²) >= 11 is 0. The van der Waals surface area contributed by atoms with Crippen molar-refractivity contribution in [1.29, 1.82) is 0 Å². The Kier molecular flexibility index (Phi) is 6.40. The van der Waals surface area contributed by atoms with Crippen LogP contribution in [0.2, 0.25) is 0 Å². The molecule has 0 aliphatic carbocycles. The van der Waals surface area contributed by atoms with E-state index in [2.05, 4.69) is 9.84 Å². The molecule has 0 amide bonds.